The minimum atomic E-state index is -0.290. The summed E-state index contributed by atoms with van der Waals surface area (Å²) in [4.78, 5) is 25.0. The molecule has 1 heterocycles. The van der Waals surface area contributed by atoms with Gasteiger partial charge in [-0.3, -0.25) is 9.59 Å². The minimum absolute atomic E-state index is 0.139. The third-order valence-electron chi connectivity index (χ3n) is 4.82. The lowest BCUT2D eigenvalue weighted by atomic mass is 10.1. The smallest absolute Gasteiger partial charge is 0.275 e. The number of unbranched alkanes of at least 4 members (excludes halogenated alkanes) is 1. The Labute approximate surface area is 175 Å². The van der Waals surface area contributed by atoms with Crippen molar-refractivity contribution in [1.29, 1.82) is 0 Å². The monoisotopic (exact) mass is 409 g/mol. The minimum Gasteiger partial charge on any atom is -0.493 e. The van der Waals surface area contributed by atoms with Gasteiger partial charge in [-0.15, -0.1) is 0 Å². The summed E-state index contributed by atoms with van der Waals surface area (Å²) in [7, 11) is 1.59. The van der Waals surface area contributed by atoms with Crippen molar-refractivity contribution in [3.63, 3.8) is 0 Å². The number of amides is 1. The van der Waals surface area contributed by atoms with Gasteiger partial charge < -0.3 is 14.8 Å². The van der Waals surface area contributed by atoms with Crippen LogP contribution in [0.25, 0.3) is 10.8 Å². The number of nitrogens with zero attached hydrogens (tertiary/aromatic N) is 2. The van der Waals surface area contributed by atoms with Crippen LogP contribution in [0.5, 0.6) is 11.5 Å². The summed E-state index contributed by atoms with van der Waals surface area (Å²) < 4.78 is 12.3. The summed E-state index contributed by atoms with van der Waals surface area (Å²) in [6, 6.07) is 12.8. The standard InChI is InChI=1S/C23H27N3O4/c1-4-5-12-30-20-11-10-17(13-21(20)29-3)14-24-22(27)15-26-23(28)19-9-7-6-8-18(19)16(2)25-26/h6-11,13H,4-5,12,14-15H2,1-3H3,(H,24,27). The van der Waals surface area contributed by atoms with Gasteiger partial charge in [-0.1, -0.05) is 37.6 Å². The summed E-state index contributed by atoms with van der Waals surface area (Å²) in [6.07, 6.45) is 2.03. The van der Waals surface area contributed by atoms with Crippen LogP contribution in [0.3, 0.4) is 0 Å². The molecule has 0 aliphatic carbocycles. The van der Waals surface area contributed by atoms with Crippen LogP contribution in [0.4, 0.5) is 0 Å². The molecule has 3 rings (SSSR count). The third-order valence-corrected chi connectivity index (χ3v) is 4.82. The molecule has 7 nitrogen and oxygen atoms in total. The van der Waals surface area contributed by atoms with Gasteiger partial charge in [0.1, 0.15) is 6.54 Å². The average molecular weight is 409 g/mol. The number of fused-ring (bicyclic) bond motifs is 1. The van der Waals surface area contributed by atoms with E-state index in [1.807, 2.05) is 37.3 Å². The fourth-order valence-electron chi connectivity index (χ4n) is 3.17. The molecule has 1 N–H and O–H groups in total. The number of hydrogen-bond donors (Lipinski definition) is 1. The molecule has 0 spiro atoms. The lowest BCUT2D eigenvalue weighted by Gasteiger charge is -2.13. The molecule has 0 bridgehead atoms. The number of carbonyl (C=O) groups is 1. The van der Waals surface area contributed by atoms with Gasteiger partial charge in [0, 0.05) is 11.9 Å². The van der Waals surface area contributed by atoms with Crippen LogP contribution in [-0.2, 0) is 17.9 Å². The molecular formula is C23H27N3O4. The van der Waals surface area contributed by atoms with Gasteiger partial charge >= 0.3 is 0 Å². The fraction of sp³-hybridized carbons (Fsp3) is 0.348. The van der Waals surface area contributed by atoms with Crippen LogP contribution in [0.1, 0.15) is 31.0 Å². The Morgan fingerprint density at radius 2 is 1.90 bits per heavy atom. The Bertz CT molecular complexity index is 1090. The van der Waals surface area contributed by atoms with E-state index in [0.717, 1.165) is 23.8 Å². The normalized spacial score (nSPS) is 10.8. The van der Waals surface area contributed by atoms with E-state index in [-0.39, 0.29) is 18.0 Å². The first kappa shape index (κ1) is 21.4. The van der Waals surface area contributed by atoms with Crippen molar-refractivity contribution in [3.8, 4) is 11.5 Å². The molecule has 2 aromatic carbocycles. The van der Waals surface area contributed by atoms with Crippen LogP contribution < -0.4 is 20.3 Å². The first-order chi connectivity index (χ1) is 14.5. The van der Waals surface area contributed by atoms with E-state index >= 15 is 0 Å². The van der Waals surface area contributed by atoms with Gasteiger partial charge in [-0.25, -0.2) is 4.68 Å². The predicted octanol–water partition coefficient (Wildman–Crippen LogP) is 3.21. The molecule has 1 amide bonds. The Morgan fingerprint density at radius 3 is 2.63 bits per heavy atom. The zero-order valence-electron chi connectivity index (χ0n) is 17.6. The molecule has 0 aliphatic rings. The zero-order valence-corrected chi connectivity index (χ0v) is 17.6. The quantitative estimate of drug-likeness (QED) is 0.549. The summed E-state index contributed by atoms with van der Waals surface area (Å²) >= 11 is 0. The molecule has 0 radical (unpaired) electrons. The second-order valence-electron chi connectivity index (χ2n) is 7.06. The number of hydrogen-bond acceptors (Lipinski definition) is 5. The molecule has 0 aliphatic heterocycles. The Kier molecular flexibility index (Phi) is 7.06. The Balaban J connectivity index is 1.66. The number of rotatable bonds is 9. The number of ether oxygens (including phenoxy) is 2. The highest BCUT2D eigenvalue weighted by Crippen LogP contribution is 2.28. The van der Waals surface area contributed by atoms with E-state index < -0.39 is 0 Å². The highest BCUT2D eigenvalue weighted by atomic mass is 16.5. The summed E-state index contributed by atoms with van der Waals surface area (Å²) in [5, 5.41) is 8.46. The number of nitrogens with one attached hydrogen (secondary N) is 1. The van der Waals surface area contributed by atoms with Gasteiger partial charge in [0.25, 0.3) is 5.56 Å². The summed E-state index contributed by atoms with van der Waals surface area (Å²) in [6.45, 7) is 4.74. The number of carbonyl (C=O) groups excluding carboxylic acids is 1. The molecule has 7 heteroatoms. The largest absolute Gasteiger partial charge is 0.493 e. The molecule has 158 valence electrons. The van der Waals surface area contributed by atoms with Crippen molar-refractivity contribution >= 4 is 16.7 Å². The molecule has 30 heavy (non-hydrogen) atoms. The SMILES string of the molecule is CCCCOc1ccc(CNC(=O)Cn2nc(C)c3ccccc3c2=O)cc1OC. The number of benzene rings is 2. The van der Waals surface area contributed by atoms with Gasteiger partial charge in [0.15, 0.2) is 11.5 Å². The van der Waals surface area contributed by atoms with Gasteiger partial charge in [-0.05, 0) is 37.1 Å². The number of methoxy groups -OCH3 is 1. The van der Waals surface area contributed by atoms with Crippen molar-refractivity contribution in [2.24, 2.45) is 0 Å². The van der Waals surface area contributed by atoms with Crippen molar-refractivity contribution in [2.45, 2.75) is 39.8 Å². The number of aryl methyl sites for hydroxylation is 1. The first-order valence-electron chi connectivity index (χ1n) is 10.1. The highest BCUT2D eigenvalue weighted by molar-refractivity contribution is 5.83. The van der Waals surface area contributed by atoms with E-state index in [1.165, 1.54) is 4.68 Å². The van der Waals surface area contributed by atoms with E-state index in [4.69, 9.17) is 9.47 Å². The lowest BCUT2D eigenvalue weighted by Crippen LogP contribution is -2.33. The van der Waals surface area contributed by atoms with Gasteiger partial charge in [0.2, 0.25) is 5.91 Å². The maximum Gasteiger partial charge on any atom is 0.275 e. The number of aromatic nitrogens is 2. The lowest BCUT2D eigenvalue weighted by molar-refractivity contribution is -0.122. The summed E-state index contributed by atoms with van der Waals surface area (Å²) in [5.41, 5.74) is 1.31. The van der Waals surface area contributed by atoms with Crippen molar-refractivity contribution in [3.05, 3.63) is 64.1 Å². The predicted molar refractivity (Wildman–Crippen MR) is 116 cm³/mol. The third kappa shape index (κ3) is 4.97. The van der Waals surface area contributed by atoms with Crippen LogP contribution in [0, 0.1) is 6.92 Å². The molecule has 0 saturated heterocycles. The first-order valence-corrected chi connectivity index (χ1v) is 10.1. The van der Waals surface area contributed by atoms with Crippen LogP contribution >= 0.6 is 0 Å². The molecule has 3 aromatic rings. The second-order valence-corrected chi connectivity index (χ2v) is 7.06. The second kappa shape index (κ2) is 9.91. The maximum atomic E-state index is 12.6. The zero-order chi connectivity index (χ0) is 21.5. The van der Waals surface area contributed by atoms with Gasteiger partial charge in [0.05, 0.1) is 24.8 Å². The van der Waals surface area contributed by atoms with Crippen molar-refractivity contribution in [2.75, 3.05) is 13.7 Å². The summed E-state index contributed by atoms with van der Waals surface area (Å²) in [5.74, 6) is 1.02. The topological polar surface area (TPSA) is 82.5 Å². The maximum absolute atomic E-state index is 12.6. The van der Waals surface area contributed by atoms with Gasteiger partial charge in [-0.2, -0.15) is 5.10 Å². The molecule has 0 fully saturated rings. The van der Waals surface area contributed by atoms with Crippen LogP contribution in [0.15, 0.2) is 47.3 Å². The van der Waals surface area contributed by atoms with E-state index in [0.29, 0.717) is 35.7 Å². The van der Waals surface area contributed by atoms with Crippen LogP contribution in [0.2, 0.25) is 0 Å². The Morgan fingerprint density at radius 1 is 1.13 bits per heavy atom. The molecule has 0 unspecified atom stereocenters. The average Bonchev–Trinajstić information content (AvgIpc) is 2.76. The fourth-order valence-corrected chi connectivity index (χ4v) is 3.17. The van der Waals surface area contributed by atoms with E-state index in [9.17, 15) is 9.59 Å². The van der Waals surface area contributed by atoms with E-state index in [2.05, 4.69) is 17.3 Å². The molecule has 0 saturated carbocycles. The highest BCUT2D eigenvalue weighted by Gasteiger charge is 2.11. The molecular weight excluding hydrogens is 382 g/mol. The van der Waals surface area contributed by atoms with E-state index in [1.54, 1.807) is 19.2 Å². The molecule has 0 atom stereocenters. The van der Waals surface area contributed by atoms with Crippen molar-refractivity contribution in [1.82, 2.24) is 15.1 Å². The van der Waals surface area contributed by atoms with Crippen molar-refractivity contribution < 1.29 is 14.3 Å². The molecule has 1 aromatic heterocycles. The van der Waals surface area contributed by atoms with Crippen LogP contribution in [-0.4, -0.2) is 29.4 Å². The Hall–Kier alpha value is -3.35.